The van der Waals surface area contributed by atoms with E-state index in [1.54, 1.807) is 7.11 Å². The zero-order valence-corrected chi connectivity index (χ0v) is 11.3. The van der Waals surface area contributed by atoms with Gasteiger partial charge in [0.1, 0.15) is 0 Å². The molecule has 3 atom stereocenters. The van der Waals surface area contributed by atoms with E-state index in [4.69, 9.17) is 4.74 Å². The maximum atomic E-state index is 12.0. The number of alkyl halides is 3. The lowest BCUT2D eigenvalue weighted by atomic mass is 9.99. The first-order chi connectivity index (χ1) is 8.33. The molecule has 1 aliphatic heterocycles. The Bertz CT molecular complexity index is 248. The van der Waals surface area contributed by atoms with Crippen molar-refractivity contribution in [1.82, 2.24) is 10.2 Å². The zero-order valence-electron chi connectivity index (χ0n) is 11.3. The predicted octanol–water partition coefficient (Wildman–Crippen LogP) is 2.03. The molecule has 0 aromatic rings. The second-order valence-corrected chi connectivity index (χ2v) is 5.06. The number of ether oxygens (including phenoxy) is 1. The van der Waals surface area contributed by atoms with Gasteiger partial charge in [-0.2, -0.15) is 13.2 Å². The van der Waals surface area contributed by atoms with E-state index in [9.17, 15) is 13.2 Å². The Hall–Kier alpha value is -0.330. The third kappa shape index (κ3) is 5.12. The van der Waals surface area contributed by atoms with E-state index in [-0.39, 0.29) is 12.1 Å². The van der Waals surface area contributed by atoms with Crippen molar-refractivity contribution >= 4 is 0 Å². The molecule has 0 spiro atoms. The number of methoxy groups -OCH3 is 1. The van der Waals surface area contributed by atoms with Gasteiger partial charge in [-0.1, -0.05) is 0 Å². The lowest BCUT2D eigenvalue weighted by Crippen LogP contribution is -2.51. The van der Waals surface area contributed by atoms with Gasteiger partial charge in [-0.05, 0) is 26.7 Å². The minimum absolute atomic E-state index is 0.111. The fourth-order valence-corrected chi connectivity index (χ4v) is 2.56. The standard InChI is InChI=1S/C12H23F3N2O/c1-9-6-11(18-3)4-5-17(9)10(2)7-16-8-12(13,14)15/h9-11,16H,4-8H2,1-3H3. The lowest BCUT2D eigenvalue weighted by Gasteiger charge is -2.41. The van der Waals surface area contributed by atoms with Crippen LogP contribution in [0.4, 0.5) is 13.2 Å². The van der Waals surface area contributed by atoms with E-state index < -0.39 is 12.7 Å². The van der Waals surface area contributed by atoms with Crippen molar-refractivity contribution in [3.63, 3.8) is 0 Å². The number of likely N-dealkylation sites (tertiary alicyclic amines) is 1. The van der Waals surface area contributed by atoms with Gasteiger partial charge in [0.2, 0.25) is 0 Å². The van der Waals surface area contributed by atoms with Gasteiger partial charge in [-0.25, -0.2) is 0 Å². The molecule has 0 saturated carbocycles. The molecule has 1 aliphatic rings. The quantitative estimate of drug-likeness (QED) is 0.825. The molecule has 1 N–H and O–H groups in total. The zero-order chi connectivity index (χ0) is 13.8. The van der Waals surface area contributed by atoms with Crippen LogP contribution in [0.1, 0.15) is 26.7 Å². The van der Waals surface area contributed by atoms with Crippen LogP contribution in [0.25, 0.3) is 0 Å². The third-order valence-corrected chi connectivity index (χ3v) is 3.54. The normalized spacial score (nSPS) is 28.3. The van der Waals surface area contributed by atoms with E-state index in [0.717, 1.165) is 19.4 Å². The molecule has 6 heteroatoms. The highest BCUT2D eigenvalue weighted by Crippen LogP contribution is 2.21. The highest BCUT2D eigenvalue weighted by molar-refractivity contribution is 4.83. The van der Waals surface area contributed by atoms with Gasteiger partial charge in [0, 0.05) is 32.3 Å². The van der Waals surface area contributed by atoms with Crippen molar-refractivity contribution in [2.45, 2.75) is 51.1 Å². The highest BCUT2D eigenvalue weighted by Gasteiger charge is 2.30. The number of rotatable bonds is 5. The van der Waals surface area contributed by atoms with Crippen LogP contribution in [-0.2, 0) is 4.74 Å². The molecule has 0 aliphatic carbocycles. The van der Waals surface area contributed by atoms with E-state index in [1.165, 1.54) is 0 Å². The summed E-state index contributed by atoms with van der Waals surface area (Å²) in [7, 11) is 1.71. The van der Waals surface area contributed by atoms with Crippen LogP contribution in [0.3, 0.4) is 0 Å². The average Bonchev–Trinajstić information content (AvgIpc) is 2.26. The largest absolute Gasteiger partial charge is 0.401 e. The topological polar surface area (TPSA) is 24.5 Å². The summed E-state index contributed by atoms with van der Waals surface area (Å²) in [6.07, 6.45) is -1.95. The van der Waals surface area contributed by atoms with Gasteiger partial charge >= 0.3 is 6.18 Å². The number of nitrogens with zero attached hydrogens (tertiary/aromatic N) is 1. The monoisotopic (exact) mass is 268 g/mol. The molecule has 0 aromatic carbocycles. The molecule has 0 radical (unpaired) electrons. The van der Waals surface area contributed by atoms with Crippen molar-refractivity contribution in [1.29, 1.82) is 0 Å². The van der Waals surface area contributed by atoms with Gasteiger partial charge in [0.25, 0.3) is 0 Å². The summed E-state index contributed by atoms with van der Waals surface area (Å²) in [6, 6.07) is 0.464. The van der Waals surface area contributed by atoms with Crippen molar-refractivity contribution in [3.05, 3.63) is 0 Å². The number of piperidine rings is 1. The van der Waals surface area contributed by atoms with Crippen molar-refractivity contribution in [3.8, 4) is 0 Å². The summed E-state index contributed by atoms with van der Waals surface area (Å²) in [5, 5.41) is 2.47. The van der Waals surface area contributed by atoms with Crippen LogP contribution < -0.4 is 5.32 Å². The Morgan fingerprint density at radius 3 is 2.61 bits per heavy atom. The van der Waals surface area contributed by atoms with Gasteiger partial charge in [0.15, 0.2) is 0 Å². The van der Waals surface area contributed by atoms with Gasteiger partial charge in [-0.15, -0.1) is 0 Å². The lowest BCUT2D eigenvalue weighted by molar-refractivity contribution is -0.125. The van der Waals surface area contributed by atoms with Gasteiger partial charge in [-0.3, -0.25) is 4.90 Å². The fraction of sp³-hybridized carbons (Fsp3) is 1.00. The SMILES string of the molecule is COC1CCN(C(C)CNCC(F)(F)F)C(C)C1. The third-order valence-electron chi connectivity index (χ3n) is 3.54. The maximum Gasteiger partial charge on any atom is 0.401 e. The summed E-state index contributed by atoms with van der Waals surface area (Å²) in [5.41, 5.74) is 0. The number of nitrogens with one attached hydrogen (secondary N) is 1. The molecule has 3 nitrogen and oxygen atoms in total. The Labute approximate surface area is 107 Å². The van der Waals surface area contributed by atoms with Crippen LogP contribution in [0.15, 0.2) is 0 Å². The Morgan fingerprint density at radius 2 is 2.11 bits per heavy atom. The molecule has 3 unspecified atom stereocenters. The van der Waals surface area contributed by atoms with Crippen LogP contribution in [0, 0.1) is 0 Å². The molecule has 1 fully saturated rings. The molecular formula is C12H23F3N2O. The Kier molecular flexibility index (Phi) is 5.88. The second kappa shape index (κ2) is 6.73. The van der Waals surface area contributed by atoms with Crippen molar-refractivity contribution in [2.24, 2.45) is 0 Å². The summed E-state index contributed by atoms with van der Waals surface area (Å²) in [4.78, 5) is 2.25. The molecule has 108 valence electrons. The summed E-state index contributed by atoms with van der Waals surface area (Å²) in [6.45, 7) is 4.40. The number of halogens is 3. The van der Waals surface area contributed by atoms with Crippen molar-refractivity contribution < 1.29 is 17.9 Å². The Morgan fingerprint density at radius 1 is 1.44 bits per heavy atom. The van der Waals surface area contributed by atoms with Crippen LogP contribution in [0.2, 0.25) is 0 Å². The minimum Gasteiger partial charge on any atom is -0.381 e. The highest BCUT2D eigenvalue weighted by atomic mass is 19.4. The first-order valence-electron chi connectivity index (χ1n) is 6.39. The minimum atomic E-state index is -4.13. The molecule has 0 bridgehead atoms. The van der Waals surface area contributed by atoms with E-state index in [1.807, 2.05) is 6.92 Å². The smallest absolute Gasteiger partial charge is 0.381 e. The summed E-state index contributed by atoms with van der Waals surface area (Å²) >= 11 is 0. The summed E-state index contributed by atoms with van der Waals surface area (Å²) in [5.74, 6) is 0. The van der Waals surface area contributed by atoms with Gasteiger partial charge in [0.05, 0.1) is 12.6 Å². The molecular weight excluding hydrogens is 245 g/mol. The molecule has 18 heavy (non-hydrogen) atoms. The molecule has 1 heterocycles. The first-order valence-corrected chi connectivity index (χ1v) is 6.39. The van der Waals surface area contributed by atoms with Gasteiger partial charge < -0.3 is 10.1 Å². The van der Waals surface area contributed by atoms with Crippen LogP contribution in [0.5, 0.6) is 0 Å². The fourth-order valence-electron chi connectivity index (χ4n) is 2.56. The molecule has 0 aromatic heterocycles. The van der Waals surface area contributed by atoms with Crippen LogP contribution in [-0.4, -0.2) is 56.0 Å². The van der Waals surface area contributed by atoms with E-state index in [2.05, 4.69) is 17.1 Å². The van der Waals surface area contributed by atoms with Crippen molar-refractivity contribution in [2.75, 3.05) is 26.7 Å². The van der Waals surface area contributed by atoms with E-state index >= 15 is 0 Å². The first kappa shape index (κ1) is 15.7. The number of hydrogen-bond donors (Lipinski definition) is 1. The Balaban J connectivity index is 2.31. The maximum absolute atomic E-state index is 12.0. The van der Waals surface area contributed by atoms with E-state index in [0.29, 0.717) is 12.6 Å². The average molecular weight is 268 g/mol. The molecule has 0 amide bonds. The summed E-state index contributed by atoms with van der Waals surface area (Å²) < 4.78 is 41.4. The number of hydrogen-bond acceptors (Lipinski definition) is 3. The second-order valence-electron chi connectivity index (χ2n) is 5.06. The molecule has 1 saturated heterocycles. The predicted molar refractivity (Wildman–Crippen MR) is 64.6 cm³/mol. The van der Waals surface area contributed by atoms with Crippen LogP contribution >= 0.6 is 0 Å². The molecule has 1 rings (SSSR count).